The number of hydrogen-bond acceptors (Lipinski definition) is 5. The molecule has 174 valence electrons. The third kappa shape index (κ3) is 14.5. The third-order valence-corrected chi connectivity index (χ3v) is 3.88. The molecule has 1 rings (SSSR count). The summed E-state index contributed by atoms with van der Waals surface area (Å²) in [5, 5.41) is 18.6. The van der Waals surface area contributed by atoms with Crippen molar-refractivity contribution in [3.8, 4) is 5.75 Å². The number of ether oxygens (including phenoxy) is 1. The van der Waals surface area contributed by atoms with Crippen molar-refractivity contribution in [1.29, 1.82) is 0 Å². The molecule has 9 nitrogen and oxygen atoms in total. The van der Waals surface area contributed by atoms with Gasteiger partial charge >= 0.3 is 18.0 Å². The van der Waals surface area contributed by atoms with E-state index in [0.717, 1.165) is 12.3 Å². The number of carboxylic acids is 2. The van der Waals surface area contributed by atoms with Crippen LogP contribution in [0.4, 0.5) is 4.79 Å². The van der Waals surface area contributed by atoms with Gasteiger partial charge in [0.15, 0.2) is 0 Å². The fraction of sp³-hybridized carbons (Fsp3) is 0.500. The van der Waals surface area contributed by atoms with Crippen molar-refractivity contribution in [1.82, 2.24) is 15.1 Å². The summed E-state index contributed by atoms with van der Waals surface area (Å²) in [5.41, 5.74) is 2.37. The van der Waals surface area contributed by atoms with Crippen LogP contribution in [0.15, 0.2) is 30.4 Å². The van der Waals surface area contributed by atoms with Gasteiger partial charge in [-0.05, 0) is 65.0 Å². The highest BCUT2D eigenvalue weighted by atomic mass is 16.5. The lowest BCUT2D eigenvalue weighted by atomic mass is 10.1. The van der Waals surface area contributed by atoms with E-state index >= 15 is 0 Å². The van der Waals surface area contributed by atoms with Crippen LogP contribution >= 0.6 is 0 Å². The van der Waals surface area contributed by atoms with Gasteiger partial charge in [0.1, 0.15) is 12.4 Å². The molecule has 3 N–H and O–H groups in total. The number of carboxylic acid groups (broad SMARTS) is 2. The minimum absolute atomic E-state index is 0.0362. The Hall–Kier alpha value is -3.07. The summed E-state index contributed by atoms with van der Waals surface area (Å²) in [6, 6.07) is 6.25. The molecule has 0 fully saturated rings. The summed E-state index contributed by atoms with van der Waals surface area (Å²) in [4.78, 5) is 35.2. The lowest BCUT2D eigenvalue weighted by molar-refractivity contribution is -0.134. The molecule has 1 aromatic carbocycles. The molecule has 0 saturated heterocycles. The van der Waals surface area contributed by atoms with Gasteiger partial charge in [0.05, 0.1) is 6.54 Å². The molecule has 1 aromatic rings. The highest BCUT2D eigenvalue weighted by molar-refractivity contribution is 5.89. The molecule has 0 aliphatic heterocycles. The first-order chi connectivity index (χ1) is 14.4. The zero-order valence-electron chi connectivity index (χ0n) is 19.2. The Bertz CT molecular complexity index is 711. The van der Waals surface area contributed by atoms with Gasteiger partial charge in [-0.3, -0.25) is 0 Å². The van der Waals surface area contributed by atoms with E-state index in [0.29, 0.717) is 31.8 Å². The van der Waals surface area contributed by atoms with E-state index in [1.807, 2.05) is 45.0 Å². The molecule has 0 atom stereocenters. The Balaban J connectivity index is 0.000000954. The Labute approximate surface area is 184 Å². The van der Waals surface area contributed by atoms with E-state index in [1.54, 1.807) is 4.90 Å². The molecule has 9 heteroatoms. The number of nitrogens with one attached hydrogen (secondary N) is 1. The molecule has 0 aliphatic carbocycles. The second-order valence-corrected chi connectivity index (χ2v) is 7.50. The van der Waals surface area contributed by atoms with Gasteiger partial charge in [-0.1, -0.05) is 6.07 Å². The molecule has 0 radical (unpaired) electrons. The molecule has 0 unspecified atom stereocenters. The topological polar surface area (TPSA) is 119 Å². The summed E-state index contributed by atoms with van der Waals surface area (Å²) in [6.07, 6.45) is 1.12. The molecule has 0 aliphatic rings. The standard InChI is InChI=1S/C18H31N3O2.C4H4O4/c1-14(2)21(18(22)19-7-8-20(5)6)9-10-23-17-12-15(3)11-16(4)13-17;5-3(6)1-2-4(7)8/h11-14H,7-10H2,1-6H3,(H,19,22);1-2H,(H,5,6)(H,7,8). The number of aliphatic carboxylic acids is 2. The Morgan fingerprint density at radius 2 is 1.52 bits per heavy atom. The quantitative estimate of drug-likeness (QED) is 0.481. The zero-order chi connectivity index (χ0) is 24.0. The maximum absolute atomic E-state index is 12.3. The number of benzene rings is 1. The first kappa shape index (κ1) is 27.9. The highest BCUT2D eigenvalue weighted by Gasteiger charge is 2.16. The molecule has 0 aromatic heterocycles. The van der Waals surface area contributed by atoms with Crippen LogP contribution in [0.25, 0.3) is 0 Å². The Kier molecular flexibility index (Phi) is 13.4. The van der Waals surface area contributed by atoms with Crippen LogP contribution in [0.2, 0.25) is 0 Å². The SMILES string of the molecule is Cc1cc(C)cc(OCCN(C(=O)NCCN(C)C)C(C)C)c1.O=C(O)C=CC(=O)O. The lowest BCUT2D eigenvalue weighted by Crippen LogP contribution is -2.47. The summed E-state index contributed by atoms with van der Waals surface area (Å²) in [5.74, 6) is -1.65. The van der Waals surface area contributed by atoms with Crippen molar-refractivity contribution in [2.45, 2.75) is 33.7 Å². The molecule has 2 amide bonds. The second kappa shape index (κ2) is 14.8. The molecule has 0 heterocycles. The fourth-order valence-electron chi connectivity index (χ4n) is 2.50. The first-order valence-electron chi connectivity index (χ1n) is 9.96. The molecular formula is C22H35N3O6. The number of amides is 2. The van der Waals surface area contributed by atoms with E-state index in [4.69, 9.17) is 14.9 Å². The van der Waals surface area contributed by atoms with Crippen LogP contribution in [0, 0.1) is 13.8 Å². The van der Waals surface area contributed by atoms with Gasteiger partial charge in [0.2, 0.25) is 0 Å². The number of rotatable bonds is 10. The largest absolute Gasteiger partial charge is 0.492 e. The molecular weight excluding hydrogens is 402 g/mol. The first-order valence-corrected chi connectivity index (χ1v) is 9.96. The van der Waals surface area contributed by atoms with Gasteiger partial charge in [-0.25, -0.2) is 14.4 Å². The van der Waals surface area contributed by atoms with Crippen molar-refractivity contribution in [2.75, 3.05) is 40.3 Å². The predicted molar refractivity (Wildman–Crippen MR) is 120 cm³/mol. The number of carbonyl (C=O) groups is 3. The average molecular weight is 438 g/mol. The van der Waals surface area contributed by atoms with Crippen LogP contribution < -0.4 is 10.1 Å². The number of carbonyl (C=O) groups excluding carboxylic acids is 1. The predicted octanol–water partition coefficient (Wildman–Crippen LogP) is 2.38. The fourth-order valence-corrected chi connectivity index (χ4v) is 2.50. The molecule has 0 bridgehead atoms. The van der Waals surface area contributed by atoms with Gasteiger partial charge in [0.25, 0.3) is 0 Å². The Morgan fingerprint density at radius 3 is 1.94 bits per heavy atom. The minimum Gasteiger partial charge on any atom is -0.492 e. The molecule has 0 saturated carbocycles. The molecule has 31 heavy (non-hydrogen) atoms. The van der Waals surface area contributed by atoms with E-state index in [-0.39, 0.29) is 12.1 Å². The second-order valence-electron chi connectivity index (χ2n) is 7.50. The number of nitrogens with zero attached hydrogens (tertiary/aromatic N) is 2. The summed E-state index contributed by atoms with van der Waals surface area (Å²) >= 11 is 0. The number of hydrogen-bond donors (Lipinski definition) is 3. The van der Waals surface area contributed by atoms with Gasteiger partial charge < -0.3 is 30.1 Å². The van der Waals surface area contributed by atoms with E-state index in [2.05, 4.69) is 25.2 Å². The van der Waals surface area contributed by atoms with E-state index in [9.17, 15) is 14.4 Å². The average Bonchev–Trinajstić information content (AvgIpc) is 2.62. The summed E-state index contributed by atoms with van der Waals surface area (Å²) in [6.45, 7) is 10.7. The van der Waals surface area contributed by atoms with E-state index < -0.39 is 11.9 Å². The minimum atomic E-state index is -1.26. The maximum atomic E-state index is 12.3. The van der Waals surface area contributed by atoms with Gasteiger partial charge in [0, 0.05) is 31.3 Å². The lowest BCUT2D eigenvalue weighted by Gasteiger charge is -2.27. The smallest absolute Gasteiger partial charge is 0.328 e. The van der Waals surface area contributed by atoms with Crippen LogP contribution in [0.3, 0.4) is 0 Å². The summed E-state index contributed by atoms with van der Waals surface area (Å²) < 4.78 is 5.81. The monoisotopic (exact) mass is 437 g/mol. The van der Waals surface area contributed by atoms with Crippen molar-refractivity contribution in [2.24, 2.45) is 0 Å². The van der Waals surface area contributed by atoms with Crippen LogP contribution in [0.1, 0.15) is 25.0 Å². The van der Waals surface area contributed by atoms with Crippen molar-refractivity contribution >= 4 is 18.0 Å². The Morgan fingerprint density at radius 1 is 1.00 bits per heavy atom. The zero-order valence-corrected chi connectivity index (χ0v) is 19.2. The number of urea groups is 1. The molecule has 0 spiro atoms. The van der Waals surface area contributed by atoms with Gasteiger partial charge in [-0.2, -0.15) is 0 Å². The van der Waals surface area contributed by atoms with Crippen molar-refractivity contribution in [3.05, 3.63) is 41.5 Å². The van der Waals surface area contributed by atoms with Crippen molar-refractivity contribution in [3.63, 3.8) is 0 Å². The highest BCUT2D eigenvalue weighted by Crippen LogP contribution is 2.16. The summed E-state index contributed by atoms with van der Waals surface area (Å²) in [7, 11) is 3.98. The van der Waals surface area contributed by atoms with Crippen LogP contribution in [-0.2, 0) is 9.59 Å². The van der Waals surface area contributed by atoms with Crippen molar-refractivity contribution < 1.29 is 29.3 Å². The van der Waals surface area contributed by atoms with Gasteiger partial charge in [-0.15, -0.1) is 0 Å². The van der Waals surface area contributed by atoms with Crippen LogP contribution in [-0.4, -0.2) is 84.4 Å². The van der Waals surface area contributed by atoms with E-state index in [1.165, 1.54) is 11.1 Å². The number of likely N-dealkylation sites (N-methyl/N-ethyl adjacent to an activating group) is 1. The maximum Gasteiger partial charge on any atom is 0.328 e. The number of aryl methyl sites for hydroxylation is 2. The van der Waals surface area contributed by atoms with Crippen LogP contribution in [0.5, 0.6) is 5.75 Å². The normalized spacial score (nSPS) is 10.6. The third-order valence-electron chi connectivity index (χ3n) is 3.88.